The fourth-order valence-electron chi connectivity index (χ4n) is 4.56. The van der Waals surface area contributed by atoms with Gasteiger partial charge in [0.1, 0.15) is 0 Å². The van der Waals surface area contributed by atoms with Crippen molar-refractivity contribution < 1.29 is 13.2 Å². The predicted molar refractivity (Wildman–Crippen MR) is 107 cm³/mol. The predicted octanol–water partition coefficient (Wildman–Crippen LogP) is 2.25. The Labute approximate surface area is 167 Å². The number of rotatable bonds is 4. The SMILES string of the molecule is CN(C(=O)c1ccc(S(=O)(=O)N2CCCC2)cc1)C1CC2CCC(C1)N2.Cl. The van der Waals surface area contributed by atoms with E-state index in [9.17, 15) is 13.2 Å². The van der Waals surface area contributed by atoms with Crippen molar-refractivity contribution in [3.8, 4) is 0 Å². The number of carbonyl (C=O) groups excluding carboxylic acids is 1. The van der Waals surface area contributed by atoms with Crippen molar-refractivity contribution in [1.82, 2.24) is 14.5 Å². The fraction of sp³-hybridized carbons (Fsp3) is 0.632. The first-order chi connectivity index (χ1) is 12.4. The van der Waals surface area contributed by atoms with Crippen LogP contribution in [0.2, 0.25) is 0 Å². The van der Waals surface area contributed by atoms with Gasteiger partial charge in [0.25, 0.3) is 5.91 Å². The number of hydrogen-bond acceptors (Lipinski definition) is 4. The van der Waals surface area contributed by atoms with Crippen molar-refractivity contribution in [3.63, 3.8) is 0 Å². The van der Waals surface area contributed by atoms with Crippen molar-refractivity contribution in [2.75, 3.05) is 20.1 Å². The molecule has 0 aliphatic carbocycles. The first-order valence-corrected chi connectivity index (χ1v) is 11.0. The molecule has 1 aromatic rings. The van der Waals surface area contributed by atoms with E-state index in [1.165, 1.54) is 17.1 Å². The van der Waals surface area contributed by atoms with E-state index in [1.807, 2.05) is 11.9 Å². The van der Waals surface area contributed by atoms with Gasteiger partial charge in [0.05, 0.1) is 4.90 Å². The summed E-state index contributed by atoms with van der Waals surface area (Å²) in [5.41, 5.74) is 0.554. The number of benzene rings is 1. The maximum atomic E-state index is 12.8. The van der Waals surface area contributed by atoms with Gasteiger partial charge in [-0.1, -0.05) is 0 Å². The van der Waals surface area contributed by atoms with Crippen LogP contribution in [0.5, 0.6) is 0 Å². The third kappa shape index (κ3) is 4.01. The molecule has 3 saturated heterocycles. The lowest BCUT2D eigenvalue weighted by Crippen LogP contribution is -2.48. The molecule has 3 aliphatic rings. The molecule has 3 heterocycles. The zero-order valence-corrected chi connectivity index (χ0v) is 17.3. The first kappa shape index (κ1) is 20.6. The number of fused-ring (bicyclic) bond motifs is 2. The minimum atomic E-state index is -3.43. The van der Waals surface area contributed by atoms with Gasteiger partial charge in [0.15, 0.2) is 0 Å². The van der Waals surface area contributed by atoms with Crippen LogP contribution in [0.15, 0.2) is 29.2 Å². The molecule has 1 amide bonds. The van der Waals surface area contributed by atoms with Gasteiger partial charge in [-0.3, -0.25) is 4.79 Å². The van der Waals surface area contributed by atoms with Crippen LogP contribution in [0.3, 0.4) is 0 Å². The Morgan fingerprint density at radius 3 is 2.19 bits per heavy atom. The quantitative estimate of drug-likeness (QED) is 0.821. The molecule has 27 heavy (non-hydrogen) atoms. The minimum Gasteiger partial charge on any atom is -0.339 e. The smallest absolute Gasteiger partial charge is 0.253 e. The molecule has 0 radical (unpaired) electrons. The van der Waals surface area contributed by atoms with E-state index < -0.39 is 10.0 Å². The van der Waals surface area contributed by atoms with Crippen LogP contribution in [0.25, 0.3) is 0 Å². The highest BCUT2D eigenvalue weighted by Gasteiger charge is 2.36. The Balaban J connectivity index is 0.00000210. The maximum Gasteiger partial charge on any atom is 0.253 e. The van der Waals surface area contributed by atoms with Crippen molar-refractivity contribution in [1.29, 1.82) is 0 Å². The molecule has 0 saturated carbocycles. The third-order valence-corrected chi connectivity index (χ3v) is 8.03. The molecule has 2 atom stereocenters. The largest absolute Gasteiger partial charge is 0.339 e. The van der Waals surface area contributed by atoms with E-state index in [0.29, 0.717) is 30.7 Å². The second-order valence-corrected chi connectivity index (χ2v) is 9.75. The van der Waals surface area contributed by atoms with Crippen LogP contribution in [0, 0.1) is 0 Å². The molecular weight excluding hydrogens is 386 g/mol. The lowest BCUT2D eigenvalue weighted by atomic mass is 9.98. The molecular formula is C19H28ClN3O3S. The Hall–Kier alpha value is -1.15. The number of hydrogen-bond donors (Lipinski definition) is 1. The van der Waals surface area contributed by atoms with E-state index in [0.717, 1.165) is 25.7 Å². The second-order valence-electron chi connectivity index (χ2n) is 7.81. The Bertz CT molecular complexity index is 766. The van der Waals surface area contributed by atoms with E-state index in [-0.39, 0.29) is 29.3 Å². The van der Waals surface area contributed by atoms with Crippen LogP contribution < -0.4 is 5.32 Å². The molecule has 6 nitrogen and oxygen atoms in total. The molecule has 0 aromatic heterocycles. The summed E-state index contributed by atoms with van der Waals surface area (Å²) in [4.78, 5) is 15.0. The van der Waals surface area contributed by atoms with Gasteiger partial charge >= 0.3 is 0 Å². The van der Waals surface area contributed by atoms with Crippen LogP contribution in [-0.2, 0) is 10.0 Å². The highest BCUT2D eigenvalue weighted by atomic mass is 35.5. The molecule has 1 N–H and O–H groups in total. The van der Waals surface area contributed by atoms with Crippen LogP contribution in [0.1, 0.15) is 48.9 Å². The molecule has 4 rings (SSSR count). The molecule has 0 spiro atoms. The van der Waals surface area contributed by atoms with Gasteiger partial charge in [-0.15, -0.1) is 12.4 Å². The minimum absolute atomic E-state index is 0. The summed E-state index contributed by atoms with van der Waals surface area (Å²) in [6.45, 7) is 1.17. The fourth-order valence-corrected chi connectivity index (χ4v) is 6.08. The highest BCUT2D eigenvalue weighted by molar-refractivity contribution is 7.89. The second kappa shape index (κ2) is 8.07. The van der Waals surface area contributed by atoms with Gasteiger partial charge in [0.2, 0.25) is 10.0 Å². The number of nitrogens with one attached hydrogen (secondary N) is 1. The molecule has 1 aromatic carbocycles. The molecule has 3 fully saturated rings. The number of sulfonamides is 1. The van der Waals surface area contributed by atoms with Crippen molar-refractivity contribution in [3.05, 3.63) is 29.8 Å². The van der Waals surface area contributed by atoms with E-state index in [2.05, 4.69) is 5.32 Å². The Morgan fingerprint density at radius 2 is 1.63 bits per heavy atom. The lowest BCUT2D eigenvalue weighted by molar-refractivity contribution is 0.0681. The summed E-state index contributed by atoms with van der Waals surface area (Å²) in [5, 5.41) is 3.60. The monoisotopic (exact) mass is 413 g/mol. The number of piperidine rings is 1. The number of amides is 1. The van der Waals surface area contributed by atoms with Crippen LogP contribution in [-0.4, -0.2) is 61.8 Å². The summed E-state index contributed by atoms with van der Waals surface area (Å²) in [6.07, 6.45) is 6.23. The van der Waals surface area contributed by atoms with E-state index in [4.69, 9.17) is 0 Å². The molecule has 2 unspecified atom stereocenters. The number of halogens is 1. The summed E-state index contributed by atoms with van der Waals surface area (Å²) in [6, 6.07) is 7.76. The zero-order chi connectivity index (χ0) is 18.3. The van der Waals surface area contributed by atoms with Gasteiger partial charge in [0, 0.05) is 43.8 Å². The van der Waals surface area contributed by atoms with Gasteiger partial charge in [-0.05, 0) is 62.8 Å². The molecule has 2 bridgehead atoms. The van der Waals surface area contributed by atoms with Crippen LogP contribution >= 0.6 is 12.4 Å². The summed E-state index contributed by atoms with van der Waals surface area (Å²) in [7, 11) is -1.56. The van der Waals surface area contributed by atoms with Crippen molar-refractivity contribution >= 4 is 28.3 Å². The third-order valence-electron chi connectivity index (χ3n) is 6.12. The van der Waals surface area contributed by atoms with Gasteiger partial charge in [-0.25, -0.2) is 8.42 Å². The van der Waals surface area contributed by atoms with Crippen molar-refractivity contribution in [2.45, 2.75) is 61.5 Å². The van der Waals surface area contributed by atoms with Gasteiger partial charge in [-0.2, -0.15) is 4.31 Å². The maximum absolute atomic E-state index is 12.8. The average molecular weight is 414 g/mol. The van der Waals surface area contributed by atoms with Crippen LogP contribution in [0.4, 0.5) is 0 Å². The number of carbonyl (C=O) groups is 1. The standard InChI is InChI=1S/C19H27N3O3S.ClH/c1-21(17-12-15-6-7-16(13-17)20-15)19(23)14-4-8-18(9-5-14)26(24,25)22-10-2-3-11-22;/h4-5,8-9,15-17,20H,2-3,6-7,10-13H2,1H3;1H. The molecule has 8 heteroatoms. The highest BCUT2D eigenvalue weighted by Crippen LogP contribution is 2.30. The first-order valence-electron chi connectivity index (χ1n) is 9.58. The zero-order valence-electron chi connectivity index (χ0n) is 15.6. The van der Waals surface area contributed by atoms with E-state index in [1.54, 1.807) is 24.3 Å². The Morgan fingerprint density at radius 1 is 1.07 bits per heavy atom. The van der Waals surface area contributed by atoms with Gasteiger partial charge < -0.3 is 10.2 Å². The molecule has 3 aliphatic heterocycles. The lowest BCUT2D eigenvalue weighted by Gasteiger charge is -2.35. The summed E-state index contributed by atoms with van der Waals surface area (Å²) < 4.78 is 26.7. The number of nitrogens with zero attached hydrogens (tertiary/aromatic N) is 2. The topological polar surface area (TPSA) is 69.7 Å². The molecule has 150 valence electrons. The summed E-state index contributed by atoms with van der Waals surface area (Å²) >= 11 is 0. The van der Waals surface area contributed by atoms with E-state index >= 15 is 0 Å². The van der Waals surface area contributed by atoms with Crippen molar-refractivity contribution in [2.24, 2.45) is 0 Å². The average Bonchev–Trinajstić information content (AvgIpc) is 3.31. The Kier molecular flexibility index (Phi) is 6.15. The normalized spacial score (nSPS) is 28.0. The summed E-state index contributed by atoms with van der Waals surface area (Å²) in [5.74, 6) is -0.0265.